The molecule has 0 bridgehead atoms. The van der Waals surface area contributed by atoms with E-state index in [-0.39, 0.29) is 12.3 Å². The maximum atomic E-state index is 11.0. The third kappa shape index (κ3) is 1.85. The second-order valence-electron chi connectivity index (χ2n) is 2.77. The number of hydrogen-bond acceptors (Lipinski definition) is 4. The summed E-state index contributed by atoms with van der Waals surface area (Å²) < 4.78 is 0. The Morgan fingerprint density at radius 1 is 1.85 bits per heavy atom. The minimum atomic E-state index is -0.399. The van der Waals surface area contributed by atoms with Crippen molar-refractivity contribution >= 4 is 12.1 Å². The van der Waals surface area contributed by atoms with Gasteiger partial charge in [-0.2, -0.15) is 5.26 Å². The molecule has 0 aromatic carbocycles. The van der Waals surface area contributed by atoms with E-state index in [0.717, 1.165) is 0 Å². The standard InChI is InChI=1S/C8H9N3O2/c1-5-7(3-9)6(4-10-13)2-8(12)11-5/h4,6,13H,2H2,1H3,(H,11,12)/b10-4-/t6-/m0/s1. The van der Waals surface area contributed by atoms with Crippen molar-refractivity contribution in [3.8, 4) is 6.07 Å². The number of amides is 1. The Morgan fingerprint density at radius 2 is 2.54 bits per heavy atom. The molecule has 0 saturated carbocycles. The van der Waals surface area contributed by atoms with Crippen LogP contribution in [0.3, 0.4) is 0 Å². The van der Waals surface area contributed by atoms with Crippen LogP contribution in [-0.4, -0.2) is 17.3 Å². The minimum absolute atomic E-state index is 0.157. The van der Waals surface area contributed by atoms with Crippen molar-refractivity contribution in [1.82, 2.24) is 5.32 Å². The predicted octanol–water partition coefficient (Wildman–Crippen LogP) is 0.380. The van der Waals surface area contributed by atoms with E-state index in [4.69, 9.17) is 10.5 Å². The highest BCUT2D eigenvalue weighted by atomic mass is 16.4. The number of allylic oxidation sites excluding steroid dienone is 2. The molecular formula is C8H9N3O2. The van der Waals surface area contributed by atoms with Gasteiger partial charge in [-0.3, -0.25) is 4.79 Å². The molecule has 0 radical (unpaired) electrons. The average Bonchev–Trinajstić information content (AvgIpc) is 2.04. The van der Waals surface area contributed by atoms with Crippen molar-refractivity contribution in [3.63, 3.8) is 0 Å². The van der Waals surface area contributed by atoms with E-state index in [2.05, 4.69) is 10.5 Å². The molecule has 0 aromatic heterocycles. The van der Waals surface area contributed by atoms with Crippen LogP contribution in [-0.2, 0) is 4.79 Å². The molecule has 5 nitrogen and oxygen atoms in total. The highest BCUT2D eigenvalue weighted by Crippen LogP contribution is 2.20. The van der Waals surface area contributed by atoms with Gasteiger partial charge >= 0.3 is 0 Å². The Hall–Kier alpha value is -1.83. The normalized spacial score (nSPS) is 23.1. The molecule has 0 fully saturated rings. The number of nitriles is 1. The van der Waals surface area contributed by atoms with E-state index in [1.165, 1.54) is 6.21 Å². The van der Waals surface area contributed by atoms with E-state index in [9.17, 15) is 4.79 Å². The first-order chi connectivity index (χ1) is 6.19. The maximum absolute atomic E-state index is 11.0. The van der Waals surface area contributed by atoms with Gasteiger partial charge in [0.1, 0.15) is 0 Å². The van der Waals surface area contributed by atoms with Crippen LogP contribution in [0.1, 0.15) is 13.3 Å². The third-order valence-corrected chi connectivity index (χ3v) is 1.87. The van der Waals surface area contributed by atoms with Gasteiger partial charge in [0.15, 0.2) is 0 Å². The molecule has 1 atom stereocenters. The summed E-state index contributed by atoms with van der Waals surface area (Å²) in [5, 5.41) is 22.4. The van der Waals surface area contributed by atoms with E-state index in [0.29, 0.717) is 11.3 Å². The van der Waals surface area contributed by atoms with Gasteiger partial charge in [-0.05, 0) is 6.92 Å². The highest BCUT2D eigenvalue weighted by molar-refractivity contribution is 5.85. The third-order valence-electron chi connectivity index (χ3n) is 1.87. The first kappa shape index (κ1) is 9.26. The van der Waals surface area contributed by atoms with Crippen LogP contribution in [0.15, 0.2) is 16.4 Å². The van der Waals surface area contributed by atoms with Gasteiger partial charge in [0, 0.05) is 18.0 Å². The lowest BCUT2D eigenvalue weighted by atomic mass is 9.93. The fourth-order valence-electron chi connectivity index (χ4n) is 1.28. The molecule has 1 aliphatic heterocycles. The first-order valence-corrected chi connectivity index (χ1v) is 3.77. The maximum Gasteiger partial charge on any atom is 0.225 e. The number of nitrogens with one attached hydrogen (secondary N) is 1. The summed E-state index contributed by atoms with van der Waals surface area (Å²) in [5.41, 5.74) is 0.973. The zero-order valence-corrected chi connectivity index (χ0v) is 7.11. The second-order valence-corrected chi connectivity index (χ2v) is 2.77. The number of hydrogen-bond donors (Lipinski definition) is 2. The molecule has 0 unspecified atom stereocenters. The molecule has 13 heavy (non-hydrogen) atoms. The van der Waals surface area contributed by atoms with Crippen molar-refractivity contribution in [2.75, 3.05) is 0 Å². The number of rotatable bonds is 1. The summed E-state index contributed by atoms with van der Waals surface area (Å²) in [6.07, 6.45) is 1.35. The van der Waals surface area contributed by atoms with E-state index in [1.807, 2.05) is 6.07 Å². The van der Waals surface area contributed by atoms with Crippen molar-refractivity contribution in [2.24, 2.45) is 11.1 Å². The zero-order valence-electron chi connectivity index (χ0n) is 7.11. The van der Waals surface area contributed by atoms with Gasteiger partial charge < -0.3 is 10.5 Å². The zero-order chi connectivity index (χ0) is 9.84. The fourth-order valence-corrected chi connectivity index (χ4v) is 1.28. The summed E-state index contributed by atoms with van der Waals surface area (Å²) >= 11 is 0. The van der Waals surface area contributed by atoms with Crippen LogP contribution in [0.4, 0.5) is 0 Å². The van der Waals surface area contributed by atoms with Gasteiger partial charge in [0.25, 0.3) is 0 Å². The topological polar surface area (TPSA) is 85.5 Å². The van der Waals surface area contributed by atoms with Crippen molar-refractivity contribution in [1.29, 1.82) is 5.26 Å². The average molecular weight is 179 g/mol. The number of carbonyl (C=O) groups is 1. The van der Waals surface area contributed by atoms with Gasteiger partial charge in [0.05, 0.1) is 17.9 Å². The Bertz CT molecular complexity index is 325. The van der Waals surface area contributed by atoms with Gasteiger partial charge in [-0.1, -0.05) is 0 Å². The number of oxime groups is 1. The van der Waals surface area contributed by atoms with Gasteiger partial charge in [0.2, 0.25) is 5.91 Å². The lowest BCUT2D eigenvalue weighted by Crippen LogP contribution is -2.32. The number of carbonyl (C=O) groups excluding carboxylic acids is 1. The molecule has 5 heteroatoms. The molecule has 0 saturated heterocycles. The Morgan fingerprint density at radius 3 is 3.08 bits per heavy atom. The Labute approximate surface area is 75.3 Å². The van der Waals surface area contributed by atoms with E-state index < -0.39 is 5.92 Å². The summed E-state index contributed by atoms with van der Waals surface area (Å²) in [6.45, 7) is 1.65. The largest absolute Gasteiger partial charge is 0.411 e. The smallest absolute Gasteiger partial charge is 0.225 e. The highest BCUT2D eigenvalue weighted by Gasteiger charge is 2.24. The van der Waals surface area contributed by atoms with Gasteiger partial charge in [-0.15, -0.1) is 5.16 Å². The summed E-state index contributed by atoms with van der Waals surface area (Å²) in [7, 11) is 0. The molecule has 0 spiro atoms. The molecule has 0 aliphatic carbocycles. The van der Waals surface area contributed by atoms with Crippen LogP contribution in [0, 0.1) is 17.2 Å². The predicted molar refractivity (Wildman–Crippen MR) is 44.8 cm³/mol. The van der Waals surface area contributed by atoms with Crippen LogP contribution in [0.5, 0.6) is 0 Å². The summed E-state index contributed by atoms with van der Waals surface area (Å²) in [5.74, 6) is -0.565. The molecule has 1 aliphatic rings. The Kier molecular flexibility index (Phi) is 2.65. The van der Waals surface area contributed by atoms with Gasteiger partial charge in [-0.25, -0.2) is 0 Å². The molecule has 1 rings (SSSR count). The van der Waals surface area contributed by atoms with Crippen LogP contribution in [0.25, 0.3) is 0 Å². The monoisotopic (exact) mass is 179 g/mol. The molecule has 1 amide bonds. The lowest BCUT2D eigenvalue weighted by Gasteiger charge is -2.19. The summed E-state index contributed by atoms with van der Waals surface area (Å²) in [4.78, 5) is 11.0. The van der Waals surface area contributed by atoms with Crippen LogP contribution in [0.2, 0.25) is 0 Å². The van der Waals surface area contributed by atoms with E-state index in [1.54, 1.807) is 6.92 Å². The molecular weight excluding hydrogens is 170 g/mol. The first-order valence-electron chi connectivity index (χ1n) is 3.77. The summed E-state index contributed by atoms with van der Waals surface area (Å²) in [6, 6.07) is 1.97. The minimum Gasteiger partial charge on any atom is -0.411 e. The Balaban J connectivity index is 3.01. The van der Waals surface area contributed by atoms with Crippen molar-refractivity contribution < 1.29 is 10.0 Å². The fraction of sp³-hybridized carbons (Fsp3) is 0.375. The van der Waals surface area contributed by atoms with E-state index >= 15 is 0 Å². The second kappa shape index (κ2) is 3.72. The molecule has 1 heterocycles. The SMILES string of the molecule is CC1=C(C#N)[C@H](/C=N\O)CC(=O)N1. The molecule has 0 aromatic rings. The molecule has 2 N–H and O–H groups in total. The van der Waals surface area contributed by atoms with Crippen LogP contribution >= 0.6 is 0 Å². The molecule has 68 valence electrons. The van der Waals surface area contributed by atoms with Crippen molar-refractivity contribution in [2.45, 2.75) is 13.3 Å². The lowest BCUT2D eigenvalue weighted by molar-refractivity contribution is -0.121. The number of nitrogens with zero attached hydrogens (tertiary/aromatic N) is 2. The quantitative estimate of drug-likeness (QED) is 0.346. The van der Waals surface area contributed by atoms with Crippen molar-refractivity contribution in [3.05, 3.63) is 11.3 Å². The van der Waals surface area contributed by atoms with Crippen LogP contribution < -0.4 is 5.32 Å².